The van der Waals surface area contributed by atoms with Gasteiger partial charge in [0.05, 0.1) is 4.88 Å². The Kier molecular flexibility index (Phi) is 5.00. The van der Waals surface area contributed by atoms with Gasteiger partial charge in [0.25, 0.3) is 5.91 Å². The van der Waals surface area contributed by atoms with E-state index in [0.717, 1.165) is 18.3 Å². The lowest BCUT2D eigenvalue weighted by atomic mass is 10.0. The van der Waals surface area contributed by atoms with Crippen molar-refractivity contribution < 1.29 is 19.5 Å². The summed E-state index contributed by atoms with van der Waals surface area (Å²) in [5.41, 5.74) is 1.00. The SMILES string of the molecule is Bc1csc(C(=O)N[C@H]2CCCCN(CC(=O)O)C2=O)c1. The van der Waals surface area contributed by atoms with Crippen LogP contribution < -0.4 is 10.8 Å². The Morgan fingerprint density at radius 3 is 2.86 bits per heavy atom. The van der Waals surface area contributed by atoms with E-state index in [-0.39, 0.29) is 18.4 Å². The molecule has 0 saturated carbocycles. The molecule has 0 aromatic carbocycles. The number of thiophene rings is 1. The predicted molar refractivity (Wildman–Crippen MR) is 81.8 cm³/mol. The van der Waals surface area contributed by atoms with E-state index in [1.807, 2.05) is 13.2 Å². The number of hydrogen-bond donors (Lipinski definition) is 2. The van der Waals surface area contributed by atoms with Crippen molar-refractivity contribution in [1.29, 1.82) is 0 Å². The summed E-state index contributed by atoms with van der Waals surface area (Å²) in [6.45, 7) is 0.110. The van der Waals surface area contributed by atoms with Crippen molar-refractivity contribution >= 4 is 42.4 Å². The Bertz CT molecular complexity index is 560. The van der Waals surface area contributed by atoms with E-state index in [4.69, 9.17) is 5.11 Å². The molecule has 2 heterocycles. The fourth-order valence-electron chi connectivity index (χ4n) is 2.34. The summed E-state index contributed by atoms with van der Waals surface area (Å²) in [7, 11) is 1.90. The summed E-state index contributed by atoms with van der Waals surface area (Å²) in [6.07, 6.45) is 2.09. The van der Waals surface area contributed by atoms with Gasteiger partial charge in [-0.05, 0) is 30.7 Å². The number of carboxylic acids is 1. The van der Waals surface area contributed by atoms with E-state index in [1.54, 1.807) is 6.07 Å². The number of aliphatic carboxylic acids is 1. The third kappa shape index (κ3) is 4.07. The average molecular weight is 308 g/mol. The quantitative estimate of drug-likeness (QED) is 0.713. The van der Waals surface area contributed by atoms with Gasteiger partial charge >= 0.3 is 5.97 Å². The number of carbonyl (C=O) groups is 3. The summed E-state index contributed by atoms with van der Waals surface area (Å²) in [5.74, 6) is -1.62. The van der Waals surface area contributed by atoms with E-state index in [1.165, 1.54) is 16.2 Å². The molecule has 0 spiro atoms. The number of carbonyl (C=O) groups excluding carboxylic acids is 2. The van der Waals surface area contributed by atoms with Crippen molar-refractivity contribution in [3.05, 3.63) is 16.3 Å². The minimum Gasteiger partial charge on any atom is -0.480 e. The molecule has 112 valence electrons. The Balaban J connectivity index is 2.05. The highest BCUT2D eigenvalue weighted by molar-refractivity contribution is 7.13. The molecule has 0 unspecified atom stereocenters. The first-order valence-electron chi connectivity index (χ1n) is 6.84. The summed E-state index contributed by atoms with van der Waals surface area (Å²) in [5, 5.41) is 13.4. The van der Waals surface area contributed by atoms with Crippen LogP contribution in [0.15, 0.2) is 11.4 Å². The van der Waals surface area contributed by atoms with Crippen LogP contribution in [-0.2, 0) is 9.59 Å². The van der Waals surface area contributed by atoms with Crippen molar-refractivity contribution in [1.82, 2.24) is 10.2 Å². The highest BCUT2D eigenvalue weighted by atomic mass is 32.1. The van der Waals surface area contributed by atoms with Gasteiger partial charge < -0.3 is 15.3 Å². The van der Waals surface area contributed by atoms with Crippen LogP contribution in [0.25, 0.3) is 0 Å². The molecule has 1 aromatic heterocycles. The van der Waals surface area contributed by atoms with Gasteiger partial charge in [-0.15, -0.1) is 11.3 Å². The van der Waals surface area contributed by atoms with E-state index in [2.05, 4.69) is 5.32 Å². The van der Waals surface area contributed by atoms with Gasteiger partial charge in [0.1, 0.15) is 20.4 Å². The largest absolute Gasteiger partial charge is 0.480 e. The van der Waals surface area contributed by atoms with Gasteiger partial charge in [0, 0.05) is 6.54 Å². The molecule has 0 aliphatic carbocycles. The van der Waals surface area contributed by atoms with Crippen LogP contribution >= 0.6 is 11.3 Å². The average Bonchev–Trinajstić information content (AvgIpc) is 2.79. The normalized spacial score (nSPS) is 19.1. The molecule has 2 rings (SSSR count). The number of nitrogens with zero attached hydrogens (tertiary/aromatic N) is 1. The van der Waals surface area contributed by atoms with Crippen LogP contribution in [0.2, 0.25) is 0 Å². The zero-order valence-electron chi connectivity index (χ0n) is 11.8. The molecule has 2 amide bonds. The molecule has 8 heteroatoms. The zero-order valence-corrected chi connectivity index (χ0v) is 12.6. The Morgan fingerprint density at radius 2 is 2.24 bits per heavy atom. The predicted octanol–water partition coefficient (Wildman–Crippen LogP) is -0.798. The maximum absolute atomic E-state index is 12.3. The topological polar surface area (TPSA) is 86.7 Å². The molecular formula is C13H17BN2O4S. The second-order valence-electron chi connectivity index (χ2n) is 5.16. The first-order valence-corrected chi connectivity index (χ1v) is 7.72. The molecular weight excluding hydrogens is 291 g/mol. The standard InChI is InChI=1S/C13H17BN2O4S/c14-8-5-10(21-7-8)12(19)15-9-3-1-2-4-16(13(9)20)6-11(17)18/h5,7,9H,1-4,6,14H2,(H,15,19)(H,17,18)/t9-/m0/s1. The maximum Gasteiger partial charge on any atom is 0.323 e. The monoisotopic (exact) mass is 308 g/mol. The van der Waals surface area contributed by atoms with E-state index in [9.17, 15) is 14.4 Å². The van der Waals surface area contributed by atoms with Gasteiger partial charge in [0.2, 0.25) is 5.91 Å². The Morgan fingerprint density at radius 1 is 1.48 bits per heavy atom. The second-order valence-corrected chi connectivity index (χ2v) is 6.07. The van der Waals surface area contributed by atoms with Gasteiger partial charge in [-0.2, -0.15) is 0 Å². The van der Waals surface area contributed by atoms with Crippen LogP contribution in [0.5, 0.6) is 0 Å². The van der Waals surface area contributed by atoms with Crippen LogP contribution in [0.1, 0.15) is 28.9 Å². The van der Waals surface area contributed by atoms with Crippen LogP contribution in [0, 0.1) is 0 Å². The minimum atomic E-state index is -1.04. The number of amides is 2. The highest BCUT2D eigenvalue weighted by Gasteiger charge is 2.29. The molecule has 6 nitrogen and oxygen atoms in total. The lowest BCUT2D eigenvalue weighted by Crippen LogP contribution is -2.48. The van der Waals surface area contributed by atoms with Crippen molar-refractivity contribution in [3.63, 3.8) is 0 Å². The van der Waals surface area contributed by atoms with Gasteiger partial charge in [0.15, 0.2) is 0 Å². The number of rotatable bonds is 4. The Labute approximate surface area is 127 Å². The van der Waals surface area contributed by atoms with Crippen LogP contribution in [-0.4, -0.2) is 54.8 Å². The summed E-state index contributed by atoms with van der Waals surface area (Å²) >= 11 is 1.33. The van der Waals surface area contributed by atoms with Gasteiger partial charge in [-0.3, -0.25) is 14.4 Å². The van der Waals surface area contributed by atoms with Crippen LogP contribution in [0.3, 0.4) is 0 Å². The highest BCUT2D eigenvalue weighted by Crippen LogP contribution is 2.14. The summed E-state index contributed by atoms with van der Waals surface area (Å²) in [6, 6.07) is 1.14. The fourth-order valence-corrected chi connectivity index (χ4v) is 3.14. The van der Waals surface area contributed by atoms with Crippen molar-refractivity contribution in [2.45, 2.75) is 25.3 Å². The molecule has 2 N–H and O–H groups in total. The number of carboxylic acid groups (broad SMARTS) is 1. The fraction of sp³-hybridized carbons (Fsp3) is 0.462. The van der Waals surface area contributed by atoms with Gasteiger partial charge in [-0.25, -0.2) is 0 Å². The van der Waals surface area contributed by atoms with Crippen LogP contribution in [0.4, 0.5) is 0 Å². The van der Waals surface area contributed by atoms with Crippen molar-refractivity contribution in [3.8, 4) is 0 Å². The molecule has 1 aliphatic heterocycles. The molecule has 1 fully saturated rings. The van der Waals surface area contributed by atoms with Gasteiger partial charge in [-0.1, -0.05) is 5.46 Å². The molecule has 1 atom stereocenters. The lowest BCUT2D eigenvalue weighted by molar-refractivity contribution is -0.144. The zero-order chi connectivity index (χ0) is 15.4. The molecule has 0 radical (unpaired) electrons. The smallest absolute Gasteiger partial charge is 0.323 e. The molecule has 21 heavy (non-hydrogen) atoms. The second kappa shape index (κ2) is 6.75. The summed E-state index contributed by atoms with van der Waals surface area (Å²) in [4.78, 5) is 37.1. The number of nitrogens with one attached hydrogen (secondary N) is 1. The maximum atomic E-state index is 12.3. The third-order valence-electron chi connectivity index (χ3n) is 3.37. The van der Waals surface area contributed by atoms with E-state index in [0.29, 0.717) is 17.8 Å². The van der Waals surface area contributed by atoms with E-state index < -0.39 is 12.0 Å². The molecule has 1 aromatic rings. The lowest BCUT2D eigenvalue weighted by Gasteiger charge is -2.23. The van der Waals surface area contributed by atoms with E-state index >= 15 is 0 Å². The van der Waals surface area contributed by atoms with Crippen molar-refractivity contribution in [2.75, 3.05) is 13.1 Å². The van der Waals surface area contributed by atoms with Crippen molar-refractivity contribution in [2.24, 2.45) is 0 Å². The first kappa shape index (κ1) is 15.6. The third-order valence-corrected chi connectivity index (χ3v) is 4.41. The minimum absolute atomic E-state index is 0.274. The summed E-state index contributed by atoms with van der Waals surface area (Å²) < 4.78 is 0. The molecule has 0 bridgehead atoms. The molecule has 1 saturated heterocycles. The first-order chi connectivity index (χ1) is 9.97. The molecule has 1 aliphatic rings. The number of hydrogen-bond acceptors (Lipinski definition) is 4. The Hall–Kier alpha value is -1.83. The number of likely N-dealkylation sites (tertiary alicyclic amines) is 1.